The van der Waals surface area contributed by atoms with E-state index in [0.717, 1.165) is 31.4 Å². The van der Waals surface area contributed by atoms with Crippen molar-refractivity contribution in [3.8, 4) is 6.07 Å². The maximum absolute atomic E-state index is 12.5. The average molecular weight is 309 g/mol. The zero-order valence-electron chi connectivity index (χ0n) is 13.1. The second-order valence-electron chi connectivity index (χ2n) is 6.05. The summed E-state index contributed by atoms with van der Waals surface area (Å²) >= 11 is 0. The van der Waals surface area contributed by atoms with Crippen molar-refractivity contribution in [2.45, 2.75) is 38.1 Å². The lowest BCUT2D eigenvalue weighted by molar-refractivity contribution is -0.118. The third kappa shape index (κ3) is 2.72. The van der Waals surface area contributed by atoms with Crippen LogP contribution in [0, 0.1) is 11.3 Å². The van der Waals surface area contributed by atoms with Crippen molar-refractivity contribution >= 4 is 23.1 Å². The molecule has 2 aliphatic rings. The van der Waals surface area contributed by atoms with Crippen LogP contribution >= 0.6 is 0 Å². The topological polar surface area (TPSA) is 73.2 Å². The Hall–Kier alpha value is -2.61. The van der Waals surface area contributed by atoms with Gasteiger partial charge in [0.1, 0.15) is 11.6 Å². The minimum atomic E-state index is -0.437. The minimum Gasteiger partial charge on any atom is -0.349 e. The first-order chi connectivity index (χ1) is 11.1. The lowest BCUT2D eigenvalue weighted by atomic mass is 9.94. The first kappa shape index (κ1) is 15.3. The number of carbonyl (C=O) groups excluding carboxylic acids is 2. The lowest BCUT2D eigenvalue weighted by Gasteiger charge is -2.22. The molecule has 0 bridgehead atoms. The van der Waals surface area contributed by atoms with Gasteiger partial charge in [-0.05, 0) is 18.9 Å². The summed E-state index contributed by atoms with van der Waals surface area (Å²) in [6, 6.07) is 9.27. The molecule has 0 atom stereocenters. The Labute approximate surface area is 135 Å². The van der Waals surface area contributed by atoms with Crippen LogP contribution in [-0.2, 0) is 9.59 Å². The molecule has 5 heteroatoms. The molecule has 23 heavy (non-hydrogen) atoms. The van der Waals surface area contributed by atoms with Crippen molar-refractivity contribution in [1.82, 2.24) is 5.32 Å². The molecule has 118 valence electrons. The van der Waals surface area contributed by atoms with Crippen molar-refractivity contribution in [3.05, 3.63) is 35.4 Å². The van der Waals surface area contributed by atoms with Gasteiger partial charge in [-0.15, -0.1) is 0 Å². The highest BCUT2D eigenvalue weighted by atomic mass is 16.2. The summed E-state index contributed by atoms with van der Waals surface area (Å²) in [6.07, 6.45) is 5.24. The van der Waals surface area contributed by atoms with E-state index < -0.39 is 5.91 Å². The second kappa shape index (κ2) is 6.25. The molecular weight excluding hydrogens is 290 g/mol. The van der Waals surface area contributed by atoms with Crippen LogP contribution in [0.4, 0.5) is 5.69 Å². The van der Waals surface area contributed by atoms with E-state index in [2.05, 4.69) is 5.32 Å². The predicted octanol–water partition coefficient (Wildman–Crippen LogP) is 2.39. The maximum Gasteiger partial charge on any atom is 0.263 e. The number of rotatable bonds is 2. The van der Waals surface area contributed by atoms with Gasteiger partial charge in [-0.2, -0.15) is 5.26 Å². The van der Waals surface area contributed by atoms with Crippen molar-refractivity contribution in [3.63, 3.8) is 0 Å². The van der Waals surface area contributed by atoms with Gasteiger partial charge in [0.25, 0.3) is 11.8 Å². The molecule has 0 radical (unpaired) electrons. The van der Waals surface area contributed by atoms with E-state index in [1.54, 1.807) is 19.2 Å². The summed E-state index contributed by atoms with van der Waals surface area (Å²) in [5.41, 5.74) is 1.50. The van der Waals surface area contributed by atoms with Crippen molar-refractivity contribution in [2.24, 2.45) is 0 Å². The first-order valence-corrected chi connectivity index (χ1v) is 7.96. The monoisotopic (exact) mass is 309 g/mol. The number of anilines is 1. The zero-order chi connectivity index (χ0) is 16.4. The fourth-order valence-electron chi connectivity index (χ4n) is 3.34. The molecule has 0 aromatic heterocycles. The molecule has 1 aromatic carbocycles. The summed E-state index contributed by atoms with van der Waals surface area (Å²) in [7, 11) is 1.65. The summed E-state index contributed by atoms with van der Waals surface area (Å²) in [5.74, 6) is -0.741. The quantitative estimate of drug-likeness (QED) is 0.673. The van der Waals surface area contributed by atoms with E-state index >= 15 is 0 Å². The highest BCUT2D eigenvalue weighted by Gasteiger charge is 2.34. The number of benzene rings is 1. The van der Waals surface area contributed by atoms with Gasteiger partial charge in [0.2, 0.25) is 0 Å². The SMILES string of the molecule is CN1C(=O)/C(=C(/C#N)C(=O)NC2CCCCC2)c2ccccc21. The number of fused-ring (bicyclic) bond motifs is 1. The fourth-order valence-corrected chi connectivity index (χ4v) is 3.34. The van der Waals surface area contributed by atoms with E-state index in [4.69, 9.17) is 0 Å². The first-order valence-electron chi connectivity index (χ1n) is 7.96. The molecule has 0 spiro atoms. The van der Waals surface area contributed by atoms with Crippen LogP contribution in [0.25, 0.3) is 5.57 Å². The van der Waals surface area contributed by atoms with Crippen molar-refractivity contribution < 1.29 is 9.59 Å². The second-order valence-corrected chi connectivity index (χ2v) is 6.05. The summed E-state index contributed by atoms with van der Waals surface area (Å²) in [4.78, 5) is 26.5. The molecule has 3 rings (SSSR count). The van der Waals surface area contributed by atoms with Crippen molar-refractivity contribution in [2.75, 3.05) is 11.9 Å². The summed E-state index contributed by atoms with van der Waals surface area (Å²) in [5, 5.41) is 12.4. The number of amides is 2. The van der Waals surface area contributed by atoms with E-state index in [-0.39, 0.29) is 23.1 Å². The van der Waals surface area contributed by atoms with E-state index in [1.165, 1.54) is 11.3 Å². The Morgan fingerprint density at radius 1 is 1.26 bits per heavy atom. The largest absolute Gasteiger partial charge is 0.349 e. The lowest BCUT2D eigenvalue weighted by Crippen LogP contribution is -2.37. The highest BCUT2D eigenvalue weighted by molar-refractivity contribution is 6.36. The molecule has 1 aliphatic carbocycles. The maximum atomic E-state index is 12.5. The van der Waals surface area contributed by atoms with Crippen molar-refractivity contribution in [1.29, 1.82) is 5.26 Å². The third-order valence-electron chi connectivity index (χ3n) is 4.58. The van der Waals surface area contributed by atoms with Crippen LogP contribution in [0.2, 0.25) is 0 Å². The average Bonchev–Trinajstić information content (AvgIpc) is 2.82. The number of nitrogens with one attached hydrogen (secondary N) is 1. The molecule has 1 aliphatic heterocycles. The zero-order valence-corrected chi connectivity index (χ0v) is 13.1. The standard InChI is InChI=1S/C18H19N3O2/c1-21-15-10-6-5-9-13(15)16(18(21)23)14(11-19)17(22)20-12-7-3-2-4-8-12/h5-6,9-10,12H,2-4,7-8H2,1H3,(H,20,22)/b16-14-. The van der Waals surface area contributed by atoms with Crippen LogP contribution in [0.3, 0.4) is 0 Å². The number of nitriles is 1. The minimum absolute atomic E-state index is 0.0858. The highest BCUT2D eigenvalue weighted by Crippen LogP contribution is 2.37. The Morgan fingerprint density at radius 2 is 1.96 bits per heavy atom. The number of nitrogens with zero attached hydrogens (tertiary/aromatic N) is 2. The molecule has 0 unspecified atom stereocenters. The van der Waals surface area contributed by atoms with Gasteiger partial charge in [-0.1, -0.05) is 37.5 Å². The predicted molar refractivity (Wildman–Crippen MR) is 87.4 cm³/mol. The number of likely N-dealkylation sites (N-methyl/N-ethyl adjacent to an activating group) is 1. The van der Waals surface area contributed by atoms with Gasteiger partial charge >= 0.3 is 0 Å². The number of para-hydroxylation sites is 1. The van der Waals surface area contributed by atoms with Gasteiger partial charge in [-0.25, -0.2) is 0 Å². The molecular formula is C18H19N3O2. The smallest absolute Gasteiger partial charge is 0.263 e. The van der Waals surface area contributed by atoms with E-state index in [0.29, 0.717) is 5.56 Å². The summed E-state index contributed by atoms with van der Waals surface area (Å²) in [6.45, 7) is 0. The number of hydrogen-bond donors (Lipinski definition) is 1. The van der Waals surface area contributed by atoms with E-state index in [1.807, 2.05) is 18.2 Å². The van der Waals surface area contributed by atoms with Crippen LogP contribution in [0.1, 0.15) is 37.7 Å². The summed E-state index contributed by atoms with van der Waals surface area (Å²) < 4.78 is 0. The molecule has 2 amide bonds. The van der Waals surface area contributed by atoms with Gasteiger partial charge in [-0.3, -0.25) is 9.59 Å². The van der Waals surface area contributed by atoms with Gasteiger partial charge in [0, 0.05) is 18.7 Å². The molecule has 1 aromatic rings. The third-order valence-corrected chi connectivity index (χ3v) is 4.58. The molecule has 1 heterocycles. The Morgan fingerprint density at radius 3 is 2.65 bits per heavy atom. The molecule has 1 saturated carbocycles. The molecule has 0 saturated heterocycles. The molecule has 1 N–H and O–H groups in total. The normalized spacial score (nSPS) is 20.0. The van der Waals surface area contributed by atoms with Crippen LogP contribution in [-0.4, -0.2) is 24.9 Å². The molecule has 1 fully saturated rings. The van der Waals surface area contributed by atoms with Gasteiger partial charge in [0.15, 0.2) is 0 Å². The number of carbonyl (C=O) groups is 2. The van der Waals surface area contributed by atoms with Crippen LogP contribution in [0.15, 0.2) is 29.8 Å². The Bertz CT molecular complexity index is 724. The fraction of sp³-hybridized carbons (Fsp3) is 0.389. The van der Waals surface area contributed by atoms with Gasteiger partial charge < -0.3 is 10.2 Å². The van der Waals surface area contributed by atoms with Crippen LogP contribution in [0.5, 0.6) is 0 Å². The van der Waals surface area contributed by atoms with Gasteiger partial charge in [0.05, 0.1) is 11.3 Å². The Balaban J connectivity index is 1.95. The van der Waals surface area contributed by atoms with Crippen LogP contribution < -0.4 is 10.2 Å². The Kier molecular flexibility index (Phi) is 4.16. The van der Waals surface area contributed by atoms with E-state index in [9.17, 15) is 14.9 Å². The molecule has 5 nitrogen and oxygen atoms in total. The number of hydrogen-bond acceptors (Lipinski definition) is 3.